The molecule has 1 atom stereocenters. The molecule has 3 N–H and O–H groups in total. The van der Waals surface area contributed by atoms with Gasteiger partial charge in [-0.2, -0.15) is 8.78 Å². The van der Waals surface area contributed by atoms with E-state index >= 15 is 0 Å². The summed E-state index contributed by atoms with van der Waals surface area (Å²) < 4.78 is 75.9. The number of benzene rings is 2. The molecule has 256 valence electrons. The number of ether oxygens (including phenoxy) is 3. The Hall–Kier alpha value is -4.82. The number of primary amides is 1. The number of rotatable bonds is 14. The average Bonchev–Trinajstić information content (AvgIpc) is 3.42. The summed E-state index contributed by atoms with van der Waals surface area (Å²) in [5.41, 5.74) is 2.58. The molecule has 0 aliphatic carbocycles. The fourth-order valence-corrected chi connectivity index (χ4v) is 4.32. The highest BCUT2D eigenvalue weighted by Crippen LogP contribution is 2.45. The van der Waals surface area contributed by atoms with Crippen LogP contribution in [0.2, 0.25) is 0 Å². The van der Waals surface area contributed by atoms with Crippen molar-refractivity contribution in [1.29, 1.82) is 0 Å². The SMILES string of the molecule is CN(C)C(=O)CCCCOc1cc(-c2nc(C(=O)NCc3ccc(F)cc3F)c(C(C)(OC(N)=O)C(C)(C)C)o2)ccc1OC(F)F. The summed E-state index contributed by atoms with van der Waals surface area (Å²) in [6, 6.07) is 6.73. The van der Waals surface area contributed by atoms with Crippen LogP contribution in [-0.2, 0) is 21.7 Å². The fraction of sp³-hybridized carbons (Fsp3) is 0.438. The number of hydrogen-bond donors (Lipinski definition) is 2. The monoisotopic (exact) mass is 666 g/mol. The molecule has 0 fully saturated rings. The molecule has 0 bridgehead atoms. The highest BCUT2D eigenvalue weighted by molar-refractivity contribution is 5.94. The first-order valence-corrected chi connectivity index (χ1v) is 14.6. The molecular formula is C32H38F4N4O7. The number of nitrogens with two attached hydrogens (primary N) is 1. The molecule has 0 saturated heterocycles. The van der Waals surface area contributed by atoms with E-state index in [-0.39, 0.29) is 65.5 Å². The summed E-state index contributed by atoms with van der Waals surface area (Å²) in [5.74, 6) is -3.38. The largest absolute Gasteiger partial charge is 0.490 e. The highest BCUT2D eigenvalue weighted by Gasteiger charge is 2.49. The lowest BCUT2D eigenvalue weighted by molar-refractivity contribution is -0.128. The van der Waals surface area contributed by atoms with Crippen molar-refractivity contribution in [3.05, 3.63) is 65.1 Å². The van der Waals surface area contributed by atoms with E-state index in [4.69, 9.17) is 19.6 Å². The van der Waals surface area contributed by atoms with Crippen molar-refractivity contribution in [3.63, 3.8) is 0 Å². The Morgan fingerprint density at radius 2 is 1.72 bits per heavy atom. The Morgan fingerprint density at radius 1 is 1.02 bits per heavy atom. The van der Waals surface area contributed by atoms with Crippen LogP contribution >= 0.6 is 0 Å². The van der Waals surface area contributed by atoms with E-state index < -0.39 is 41.3 Å². The van der Waals surface area contributed by atoms with Gasteiger partial charge in [0, 0.05) is 49.7 Å². The zero-order chi connectivity index (χ0) is 35.1. The molecule has 1 unspecified atom stereocenters. The van der Waals surface area contributed by atoms with E-state index in [2.05, 4.69) is 15.0 Å². The second-order valence-corrected chi connectivity index (χ2v) is 12.0. The summed E-state index contributed by atoms with van der Waals surface area (Å²) >= 11 is 0. The maximum absolute atomic E-state index is 14.3. The molecule has 15 heteroatoms. The van der Waals surface area contributed by atoms with Gasteiger partial charge in [-0.1, -0.05) is 26.8 Å². The van der Waals surface area contributed by atoms with Crippen LogP contribution < -0.4 is 20.5 Å². The number of hydrogen-bond acceptors (Lipinski definition) is 8. The van der Waals surface area contributed by atoms with E-state index in [0.29, 0.717) is 18.9 Å². The number of carbonyl (C=O) groups is 3. The van der Waals surface area contributed by atoms with Gasteiger partial charge in [-0.05, 0) is 44.0 Å². The third kappa shape index (κ3) is 9.36. The van der Waals surface area contributed by atoms with Gasteiger partial charge in [0.15, 0.2) is 28.6 Å². The highest BCUT2D eigenvalue weighted by atomic mass is 19.3. The molecule has 0 spiro atoms. The van der Waals surface area contributed by atoms with Crippen LogP contribution in [0.25, 0.3) is 11.5 Å². The summed E-state index contributed by atoms with van der Waals surface area (Å²) in [6.45, 7) is 3.10. The number of unbranched alkanes of at least 4 members (excludes halogenated alkanes) is 1. The van der Waals surface area contributed by atoms with Gasteiger partial charge in [-0.25, -0.2) is 18.6 Å². The van der Waals surface area contributed by atoms with Gasteiger partial charge < -0.3 is 34.6 Å². The molecule has 3 rings (SSSR count). The molecular weight excluding hydrogens is 628 g/mol. The van der Waals surface area contributed by atoms with E-state index in [1.54, 1.807) is 34.9 Å². The van der Waals surface area contributed by atoms with E-state index in [1.807, 2.05) is 0 Å². The minimum absolute atomic E-state index is 0.0144. The lowest BCUT2D eigenvalue weighted by Crippen LogP contribution is -2.44. The Morgan fingerprint density at radius 3 is 2.32 bits per heavy atom. The Labute approximate surface area is 269 Å². The van der Waals surface area contributed by atoms with E-state index in [1.165, 1.54) is 36.1 Å². The molecule has 47 heavy (non-hydrogen) atoms. The predicted octanol–water partition coefficient (Wildman–Crippen LogP) is 6.15. The van der Waals surface area contributed by atoms with Gasteiger partial charge in [-0.3, -0.25) is 9.59 Å². The number of nitrogens with one attached hydrogen (secondary N) is 1. The van der Waals surface area contributed by atoms with Crippen molar-refractivity contribution < 1.29 is 50.6 Å². The molecule has 2 aromatic carbocycles. The molecule has 1 aromatic heterocycles. The molecule has 11 nitrogen and oxygen atoms in total. The second kappa shape index (κ2) is 15.2. The van der Waals surface area contributed by atoms with Crippen LogP contribution in [0.4, 0.5) is 22.4 Å². The summed E-state index contributed by atoms with van der Waals surface area (Å²) in [4.78, 5) is 43.1. The smallest absolute Gasteiger partial charge is 0.405 e. The van der Waals surface area contributed by atoms with Gasteiger partial charge >= 0.3 is 12.7 Å². The number of nitrogens with zero attached hydrogens (tertiary/aromatic N) is 2. The average molecular weight is 667 g/mol. The van der Waals surface area contributed by atoms with Gasteiger partial charge in [0.1, 0.15) is 11.6 Å². The van der Waals surface area contributed by atoms with Crippen LogP contribution in [0, 0.1) is 17.0 Å². The molecule has 0 radical (unpaired) electrons. The van der Waals surface area contributed by atoms with Crippen LogP contribution in [-0.4, -0.2) is 55.1 Å². The van der Waals surface area contributed by atoms with Crippen molar-refractivity contribution in [3.8, 4) is 23.0 Å². The minimum Gasteiger partial charge on any atom is -0.490 e. The Balaban J connectivity index is 2.03. The second-order valence-electron chi connectivity index (χ2n) is 12.0. The topological polar surface area (TPSA) is 146 Å². The lowest BCUT2D eigenvalue weighted by atomic mass is 9.75. The quantitative estimate of drug-likeness (QED) is 0.154. The van der Waals surface area contributed by atoms with Crippen molar-refractivity contribution >= 4 is 17.9 Å². The summed E-state index contributed by atoms with van der Waals surface area (Å²) in [7, 11) is 3.27. The predicted molar refractivity (Wildman–Crippen MR) is 162 cm³/mol. The normalized spacial score (nSPS) is 12.7. The molecule has 3 amide bonds. The van der Waals surface area contributed by atoms with Crippen molar-refractivity contribution in [2.24, 2.45) is 11.1 Å². The molecule has 0 aliphatic heterocycles. The number of aromatic nitrogens is 1. The standard InChI is InChI=1S/C32H38F4N4O7/c1-31(2,3)32(4,47-30(37)43)26-25(27(42)38-17-19-10-12-20(33)16-21(19)34)39-28(46-26)18-11-13-22(45-29(35)36)23(15-18)44-14-8-7-9-24(41)40(5)6/h10-13,15-16,29H,7-9,14,17H2,1-6H3,(H2,37,43)(H,38,42). The maximum atomic E-state index is 14.3. The zero-order valence-corrected chi connectivity index (χ0v) is 26.9. The third-order valence-electron chi connectivity index (χ3n) is 7.41. The molecule has 1 heterocycles. The fourth-order valence-electron chi connectivity index (χ4n) is 4.32. The van der Waals surface area contributed by atoms with E-state index in [9.17, 15) is 31.9 Å². The van der Waals surface area contributed by atoms with E-state index in [0.717, 1.165) is 6.07 Å². The van der Waals surface area contributed by atoms with Crippen molar-refractivity contribution in [2.75, 3.05) is 20.7 Å². The minimum atomic E-state index is -3.16. The zero-order valence-electron chi connectivity index (χ0n) is 26.9. The lowest BCUT2D eigenvalue weighted by Gasteiger charge is -2.38. The number of amides is 3. The first-order valence-electron chi connectivity index (χ1n) is 14.6. The Bertz CT molecular complexity index is 1590. The van der Waals surface area contributed by atoms with Crippen molar-refractivity contribution in [2.45, 2.75) is 65.7 Å². The van der Waals surface area contributed by atoms with Gasteiger partial charge in [-0.15, -0.1) is 0 Å². The van der Waals surface area contributed by atoms with Crippen molar-refractivity contribution in [1.82, 2.24) is 15.2 Å². The number of alkyl halides is 2. The summed E-state index contributed by atoms with van der Waals surface area (Å²) in [6.07, 6.45) is 0.01000. The van der Waals surface area contributed by atoms with Crippen LogP contribution in [0.3, 0.4) is 0 Å². The van der Waals surface area contributed by atoms with Crippen LogP contribution in [0.1, 0.15) is 68.8 Å². The van der Waals surface area contributed by atoms with Gasteiger partial charge in [0.25, 0.3) is 5.91 Å². The number of oxazole rings is 1. The van der Waals surface area contributed by atoms with Crippen LogP contribution in [0.15, 0.2) is 40.8 Å². The Kier molecular flexibility index (Phi) is 11.8. The van der Waals surface area contributed by atoms with Crippen LogP contribution in [0.5, 0.6) is 11.5 Å². The number of carbonyl (C=O) groups excluding carboxylic acids is 3. The van der Waals surface area contributed by atoms with Gasteiger partial charge in [0.05, 0.1) is 6.61 Å². The number of halogens is 4. The van der Waals surface area contributed by atoms with Gasteiger partial charge in [0.2, 0.25) is 11.8 Å². The maximum Gasteiger partial charge on any atom is 0.405 e. The molecule has 0 aliphatic rings. The molecule has 3 aromatic rings. The molecule has 0 saturated carbocycles. The first-order chi connectivity index (χ1) is 21.9. The summed E-state index contributed by atoms with van der Waals surface area (Å²) in [5, 5.41) is 2.50. The first kappa shape index (κ1) is 36.6. The third-order valence-corrected chi connectivity index (χ3v) is 7.41.